The van der Waals surface area contributed by atoms with Gasteiger partial charge in [-0.25, -0.2) is 4.98 Å². The van der Waals surface area contributed by atoms with Crippen molar-refractivity contribution in [2.75, 3.05) is 18.0 Å². The summed E-state index contributed by atoms with van der Waals surface area (Å²) in [7, 11) is 1.66. The lowest BCUT2D eigenvalue weighted by Gasteiger charge is -2.32. The van der Waals surface area contributed by atoms with Gasteiger partial charge < -0.3 is 10.0 Å². The quantitative estimate of drug-likeness (QED) is 0.823. The molecule has 0 saturated carbocycles. The van der Waals surface area contributed by atoms with Crippen LogP contribution in [-0.4, -0.2) is 33.7 Å². The lowest BCUT2D eigenvalue weighted by molar-refractivity contribution is -0.141. The van der Waals surface area contributed by atoms with E-state index in [0.29, 0.717) is 24.6 Å². The normalized spacial score (nSPS) is 19.9. The summed E-state index contributed by atoms with van der Waals surface area (Å²) in [4.78, 5) is 29.0. The van der Waals surface area contributed by atoms with Crippen molar-refractivity contribution in [1.82, 2.24) is 9.55 Å². The summed E-state index contributed by atoms with van der Waals surface area (Å²) < 4.78 is 1.47. The Morgan fingerprint density at radius 1 is 1.56 bits per heavy atom. The van der Waals surface area contributed by atoms with E-state index in [0.717, 1.165) is 13.0 Å². The molecule has 1 N–H and O–H groups in total. The van der Waals surface area contributed by atoms with Crippen molar-refractivity contribution in [2.24, 2.45) is 13.0 Å². The first-order valence-corrected chi connectivity index (χ1v) is 6.01. The summed E-state index contributed by atoms with van der Waals surface area (Å²) in [6.07, 6.45) is 1.49. The van der Waals surface area contributed by atoms with E-state index in [2.05, 4.69) is 4.98 Å². The molecule has 6 nitrogen and oxygen atoms in total. The van der Waals surface area contributed by atoms with Gasteiger partial charge in [0.05, 0.1) is 5.92 Å². The van der Waals surface area contributed by atoms with Crippen LogP contribution in [0.4, 0.5) is 5.95 Å². The topological polar surface area (TPSA) is 75.4 Å². The summed E-state index contributed by atoms with van der Waals surface area (Å²) in [5.41, 5.74) is 0.542. The maximum Gasteiger partial charge on any atom is 0.308 e. The maximum absolute atomic E-state index is 11.7. The van der Waals surface area contributed by atoms with Gasteiger partial charge in [-0.2, -0.15) is 0 Å². The molecule has 1 fully saturated rings. The van der Waals surface area contributed by atoms with Crippen LogP contribution in [0.2, 0.25) is 0 Å². The van der Waals surface area contributed by atoms with E-state index in [4.69, 9.17) is 5.11 Å². The fourth-order valence-electron chi connectivity index (χ4n) is 2.28. The Morgan fingerprint density at radius 3 is 2.94 bits per heavy atom. The van der Waals surface area contributed by atoms with E-state index in [-0.39, 0.29) is 11.5 Å². The smallest absolute Gasteiger partial charge is 0.308 e. The molecule has 18 heavy (non-hydrogen) atoms. The third-order valence-corrected chi connectivity index (χ3v) is 3.29. The molecule has 1 unspecified atom stereocenters. The van der Waals surface area contributed by atoms with Gasteiger partial charge in [-0.1, -0.05) is 0 Å². The lowest BCUT2D eigenvalue weighted by atomic mass is 9.99. The van der Waals surface area contributed by atoms with Crippen LogP contribution in [0, 0.1) is 12.8 Å². The van der Waals surface area contributed by atoms with E-state index >= 15 is 0 Å². The summed E-state index contributed by atoms with van der Waals surface area (Å²) in [6, 6.07) is 1.47. The molecule has 1 aromatic rings. The minimum Gasteiger partial charge on any atom is -0.481 e. The molecule has 98 valence electrons. The number of hydrogen-bond donors (Lipinski definition) is 1. The molecule has 0 bridgehead atoms. The predicted octanol–water partition coefficient (Wildman–Crippen LogP) is 0.390. The zero-order valence-corrected chi connectivity index (χ0v) is 10.6. The number of nitrogens with zero attached hydrogens (tertiary/aromatic N) is 3. The summed E-state index contributed by atoms with van der Waals surface area (Å²) >= 11 is 0. The highest BCUT2D eigenvalue weighted by Crippen LogP contribution is 2.20. The van der Waals surface area contributed by atoms with Gasteiger partial charge >= 0.3 is 5.97 Å². The number of carboxylic acids is 1. The second-order valence-electron chi connectivity index (χ2n) is 4.72. The molecule has 2 heterocycles. The van der Waals surface area contributed by atoms with Gasteiger partial charge in [0.15, 0.2) is 0 Å². The Balaban J connectivity index is 2.31. The Morgan fingerprint density at radius 2 is 2.28 bits per heavy atom. The van der Waals surface area contributed by atoms with E-state index in [9.17, 15) is 9.59 Å². The highest BCUT2D eigenvalue weighted by molar-refractivity contribution is 5.71. The fraction of sp³-hybridized carbons (Fsp3) is 0.583. The first-order chi connectivity index (χ1) is 8.49. The van der Waals surface area contributed by atoms with Gasteiger partial charge in [-0.15, -0.1) is 0 Å². The van der Waals surface area contributed by atoms with Gasteiger partial charge in [0.2, 0.25) is 5.95 Å². The molecule has 0 amide bonds. The zero-order valence-electron chi connectivity index (χ0n) is 10.6. The van der Waals surface area contributed by atoms with Crippen LogP contribution in [0.1, 0.15) is 18.5 Å². The van der Waals surface area contributed by atoms with Crippen molar-refractivity contribution >= 4 is 11.9 Å². The van der Waals surface area contributed by atoms with Gasteiger partial charge in [0, 0.05) is 31.9 Å². The molecule has 1 aromatic heterocycles. The SMILES string of the molecule is Cc1cc(=O)n(C)c(N2CCCC(C(=O)O)C2)n1. The third-order valence-electron chi connectivity index (χ3n) is 3.29. The molecule has 1 aliphatic rings. The Kier molecular flexibility index (Phi) is 3.36. The Labute approximate surface area is 105 Å². The molecule has 1 saturated heterocycles. The van der Waals surface area contributed by atoms with Crippen molar-refractivity contribution in [1.29, 1.82) is 0 Å². The van der Waals surface area contributed by atoms with Crippen molar-refractivity contribution in [2.45, 2.75) is 19.8 Å². The maximum atomic E-state index is 11.7. The third kappa shape index (κ3) is 2.37. The number of piperidine rings is 1. The van der Waals surface area contributed by atoms with Crippen LogP contribution >= 0.6 is 0 Å². The lowest BCUT2D eigenvalue weighted by Crippen LogP contribution is -2.41. The van der Waals surface area contributed by atoms with Crippen molar-refractivity contribution < 1.29 is 9.90 Å². The summed E-state index contributed by atoms with van der Waals surface area (Å²) in [5.74, 6) is -0.598. The molecule has 0 aromatic carbocycles. The first kappa shape index (κ1) is 12.6. The number of anilines is 1. The van der Waals surface area contributed by atoms with Crippen LogP contribution in [0.3, 0.4) is 0 Å². The van der Waals surface area contributed by atoms with Gasteiger partial charge in [0.25, 0.3) is 5.56 Å². The second-order valence-corrected chi connectivity index (χ2v) is 4.72. The average Bonchev–Trinajstić information content (AvgIpc) is 2.34. The highest BCUT2D eigenvalue weighted by Gasteiger charge is 2.27. The molecule has 0 spiro atoms. The number of hydrogen-bond acceptors (Lipinski definition) is 4. The number of rotatable bonds is 2. The average molecular weight is 251 g/mol. The van der Waals surface area contributed by atoms with Crippen LogP contribution in [-0.2, 0) is 11.8 Å². The summed E-state index contributed by atoms with van der Waals surface area (Å²) in [5, 5.41) is 9.07. The number of aliphatic carboxylic acids is 1. The largest absolute Gasteiger partial charge is 0.481 e. The number of carboxylic acid groups (broad SMARTS) is 1. The van der Waals surface area contributed by atoms with E-state index in [1.54, 1.807) is 14.0 Å². The Hall–Kier alpha value is -1.85. The van der Waals surface area contributed by atoms with Crippen molar-refractivity contribution in [3.05, 3.63) is 22.1 Å². The molecular formula is C12H17N3O3. The Bertz CT molecular complexity index is 524. The summed E-state index contributed by atoms with van der Waals surface area (Å²) in [6.45, 7) is 2.93. The van der Waals surface area contributed by atoms with E-state index in [1.165, 1.54) is 10.6 Å². The molecule has 6 heteroatoms. The molecule has 1 atom stereocenters. The molecule has 1 aliphatic heterocycles. The van der Waals surface area contributed by atoms with Crippen LogP contribution in [0.15, 0.2) is 10.9 Å². The van der Waals surface area contributed by atoms with Crippen LogP contribution in [0.25, 0.3) is 0 Å². The number of aryl methyl sites for hydroxylation is 1. The number of carbonyl (C=O) groups is 1. The van der Waals surface area contributed by atoms with Gasteiger partial charge in [-0.3, -0.25) is 14.2 Å². The van der Waals surface area contributed by atoms with E-state index < -0.39 is 5.97 Å². The van der Waals surface area contributed by atoms with Crippen LogP contribution < -0.4 is 10.5 Å². The second kappa shape index (κ2) is 4.80. The molecular weight excluding hydrogens is 234 g/mol. The molecule has 0 radical (unpaired) electrons. The minimum atomic E-state index is -0.780. The van der Waals surface area contributed by atoms with Gasteiger partial charge in [-0.05, 0) is 19.8 Å². The van der Waals surface area contributed by atoms with Crippen molar-refractivity contribution in [3.8, 4) is 0 Å². The van der Waals surface area contributed by atoms with E-state index in [1.807, 2.05) is 4.90 Å². The number of aromatic nitrogens is 2. The predicted molar refractivity (Wildman–Crippen MR) is 66.8 cm³/mol. The highest BCUT2D eigenvalue weighted by atomic mass is 16.4. The first-order valence-electron chi connectivity index (χ1n) is 6.01. The fourth-order valence-corrected chi connectivity index (χ4v) is 2.28. The molecule has 0 aliphatic carbocycles. The minimum absolute atomic E-state index is 0.116. The van der Waals surface area contributed by atoms with Crippen LogP contribution in [0.5, 0.6) is 0 Å². The monoisotopic (exact) mass is 251 g/mol. The zero-order chi connectivity index (χ0) is 13.3. The molecule has 2 rings (SSSR count). The standard InChI is InChI=1S/C12H17N3O3/c1-8-6-10(16)14(2)12(13-8)15-5-3-4-9(7-15)11(17)18/h6,9H,3-5,7H2,1-2H3,(H,17,18). The van der Waals surface area contributed by atoms with Crippen molar-refractivity contribution in [3.63, 3.8) is 0 Å². The van der Waals surface area contributed by atoms with Gasteiger partial charge in [0.1, 0.15) is 0 Å².